The zero-order valence-electron chi connectivity index (χ0n) is 16.0. The fourth-order valence-corrected chi connectivity index (χ4v) is 3.53. The summed E-state index contributed by atoms with van der Waals surface area (Å²) in [7, 11) is 1.58. The lowest BCUT2D eigenvalue weighted by Gasteiger charge is -2.16. The molecule has 5 nitrogen and oxygen atoms in total. The summed E-state index contributed by atoms with van der Waals surface area (Å²) in [5.41, 5.74) is 2.38. The van der Waals surface area contributed by atoms with E-state index in [-0.39, 0.29) is 17.8 Å². The van der Waals surface area contributed by atoms with Gasteiger partial charge in [0.2, 0.25) is 0 Å². The highest BCUT2D eigenvalue weighted by Gasteiger charge is 2.29. The van der Waals surface area contributed by atoms with Gasteiger partial charge in [0.15, 0.2) is 11.5 Å². The minimum atomic E-state index is -0.364. The average molecular weight is 494 g/mol. The van der Waals surface area contributed by atoms with Crippen molar-refractivity contribution >= 4 is 46.0 Å². The van der Waals surface area contributed by atoms with Crippen LogP contribution in [-0.2, 0) is 4.79 Å². The average Bonchev–Trinajstić information content (AvgIpc) is 2.92. The standard InChI is InChI=1S/C21H20FIN2O3/c1-12(2)28-20-18(23)10-14(11-19(20)27-4)9-17-13(3)24-25(21(17)26)16-7-5-15(22)6-8-16/h5-12H,1-4H3/b17-9+. The number of carbonyl (C=O) groups excluding carboxylic acids is 1. The lowest BCUT2D eigenvalue weighted by molar-refractivity contribution is -0.114. The van der Waals surface area contributed by atoms with E-state index in [4.69, 9.17) is 9.47 Å². The molecule has 3 rings (SSSR count). The Kier molecular flexibility index (Phi) is 6.02. The SMILES string of the molecule is COc1cc(/C=C2/C(=O)N(c3ccc(F)cc3)N=C2C)cc(I)c1OC(C)C. The molecule has 2 aromatic carbocycles. The maximum Gasteiger partial charge on any atom is 0.280 e. The number of benzene rings is 2. The fraction of sp³-hybridized carbons (Fsp3) is 0.238. The third kappa shape index (κ3) is 4.19. The number of hydrogen-bond donors (Lipinski definition) is 0. The molecule has 1 aliphatic heterocycles. The number of ether oxygens (including phenoxy) is 2. The normalized spacial score (nSPS) is 15.4. The molecule has 0 N–H and O–H groups in total. The van der Waals surface area contributed by atoms with Gasteiger partial charge in [-0.3, -0.25) is 4.79 Å². The monoisotopic (exact) mass is 494 g/mol. The topological polar surface area (TPSA) is 51.1 Å². The first-order chi connectivity index (χ1) is 13.3. The van der Waals surface area contributed by atoms with E-state index in [1.54, 1.807) is 20.1 Å². The van der Waals surface area contributed by atoms with Crippen LogP contribution in [0.3, 0.4) is 0 Å². The number of hydrazone groups is 1. The Bertz CT molecular complexity index is 968. The van der Waals surface area contributed by atoms with Gasteiger partial charge in [-0.05, 0) is 91.4 Å². The minimum absolute atomic E-state index is 0.0154. The molecular weight excluding hydrogens is 474 g/mol. The van der Waals surface area contributed by atoms with Crippen LogP contribution >= 0.6 is 22.6 Å². The number of anilines is 1. The van der Waals surface area contributed by atoms with Crippen molar-refractivity contribution in [2.45, 2.75) is 26.9 Å². The summed E-state index contributed by atoms with van der Waals surface area (Å²) >= 11 is 2.19. The van der Waals surface area contributed by atoms with E-state index >= 15 is 0 Å². The van der Waals surface area contributed by atoms with Gasteiger partial charge in [0.1, 0.15) is 5.82 Å². The van der Waals surface area contributed by atoms with E-state index in [1.807, 2.05) is 26.0 Å². The molecular formula is C21H20FIN2O3. The summed E-state index contributed by atoms with van der Waals surface area (Å²) in [5, 5.41) is 5.60. The Morgan fingerprint density at radius 1 is 1.21 bits per heavy atom. The summed E-state index contributed by atoms with van der Waals surface area (Å²) in [6, 6.07) is 9.41. The van der Waals surface area contributed by atoms with E-state index in [9.17, 15) is 9.18 Å². The van der Waals surface area contributed by atoms with Crippen LogP contribution in [0.2, 0.25) is 0 Å². The molecule has 0 aromatic heterocycles. The van der Waals surface area contributed by atoms with E-state index in [2.05, 4.69) is 27.7 Å². The Morgan fingerprint density at radius 3 is 2.50 bits per heavy atom. The molecule has 1 amide bonds. The predicted molar refractivity (Wildman–Crippen MR) is 116 cm³/mol. The van der Waals surface area contributed by atoms with Gasteiger partial charge >= 0.3 is 0 Å². The van der Waals surface area contributed by atoms with Gasteiger partial charge in [-0.15, -0.1) is 0 Å². The third-order valence-electron chi connectivity index (χ3n) is 4.05. The largest absolute Gasteiger partial charge is 0.493 e. The summed E-state index contributed by atoms with van der Waals surface area (Å²) in [6.07, 6.45) is 1.79. The molecule has 146 valence electrons. The molecule has 0 saturated heterocycles. The van der Waals surface area contributed by atoms with Crippen LogP contribution < -0.4 is 14.5 Å². The zero-order chi connectivity index (χ0) is 20.4. The lowest BCUT2D eigenvalue weighted by atomic mass is 10.1. The molecule has 28 heavy (non-hydrogen) atoms. The fourth-order valence-electron chi connectivity index (χ4n) is 2.78. The second-order valence-corrected chi connectivity index (χ2v) is 7.70. The molecule has 0 saturated carbocycles. The van der Waals surface area contributed by atoms with Crippen molar-refractivity contribution in [2.75, 3.05) is 12.1 Å². The molecule has 2 aromatic rings. The molecule has 0 atom stereocenters. The highest BCUT2D eigenvalue weighted by Crippen LogP contribution is 2.36. The quantitative estimate of drug-likeness (QED) is 0.433. The molecule has 1 heterocycles. The van der Waals surface area contributed by atoms with Crippen molar-refractivity contribution in [1.82, 2.24) is 0 Å². The van der Waals surface area contributed by atoms with E-state index in [1.165, 1.54) is 29.3 Å². The molecule has 0 bridgehead atoms. The number of rotatable bonds is 5. The second-order valence-electron chi connectivity index (χ2n) is 6.54. The van der Waals surface area contributed by atoms with Crippen LogP contribution in [0, 0.1) is 9.39 Å². The van der Waals surface area contributed by atoms with Crippen LogP contribution in [0.15, 0.2) is 47.1 Å². The molecule has 0 spiro atoms. The number of carbonyl (C=O) groups is 1. The lowest BCUT2D eigenvalue weighted by Crippen LogP contribution is -2.21. The van der Waals surface area contributed by atoms with Crippen molar-refractivity contribution in [3.05, 3.63) is 56.9 Å². The van der Waals surface area contributed by atoms with E-state index < -0.39 is 0 Å². The molecule has 0 radical (unpaired) electrons. The summed E-state index contributed by atoms with van der Waals surface area (Å²) in [5.74, 6) is 0.650. The minimum Gasteiger partial charge on any atom is -0.493 e. The Morgan fingerprint density at radius 2 is 1.89 bits per heavy atom. The van der Waals surface area contributed by atoms with Gasteiger partial charge in [0.05, 0.1) is 33.8 Å². The van der Waals surface area contributed by atoms with Crippen molar-refractivity contribution in [2.24, 2.45) is 5.10 Å². The Hall–Kier alpha value is -2.42. The number of methoxy groups -OCH3 is 1. The van der Waals surface area contributed by atoms with Crippen molar-refractivity contribution < 1.29 is 18.7 Å². The summed E-state index contributed by atoms with van der Waals surface area (Å²) < 4.78 is 25.3. The van der Waals surface area contributed by atoms with Crippen LogP contribution in [-0.4, -0.2) is 24.8 Å². The third-order valence-corrected chi connectivity index (χ3v) is 4.85. The van der Waals surface area contributed by atoms with Gasteiger partial charge in [-0.1, -0.05) is 0 Å². The predicted octanol–water partition coefficient (Wildman–Crippen LogP) is 5.03. The molecule has 0 fully saturated rings. The van der Waals surface area contributed by atoms with Gasteiger partial charge in [0.25, 0.3) is 5.91 Å². The highest BCUT2D eigenvalue weighted by atomic mass is 127. The van der Waals surface area contributed by atoms with E-state index in [0.29, 0.717) is 28.5 Å². The van der Waals surface area contributed by atoms with Crippen molar-refractivity contribution in [1.29, 1.82) is 0 Å². The van der Waals surface area contributed by atoms with Crippen LogP contribution in [0.4, 0.5) is 10.1 Å². The van der Waals surface area contributed by atoms with Crippen molar-refractivity contribution in [3.63, 3.8) is 0 Å². The molecule has 1 aliphatic rings. The van der Waals surface area contributed by atoms with Gasteiger partial charge in [-0.25, -0.2) is 4.39 Å². The number of halogens is 2. The van der Waals surface area contributed by atoms with Crippen LogP contribution in [0.1, 0.15) is 26.3 Å². The first-order valence-electron chi connectivity index (χ1n) is 8.71. The Labute approximate surface area is 177 Å². The van der Waals surface area contributed by atoms with Crippen molar-refractivity contribution in [3.8, 4) is 11.5 Å². The molecule has 0 aliphatic carbocycles. The highest BCUT2D eigenvalue weighted by molar-refractivity contribution is 14.1. The van der Waals surface area contributed by atoms with E-state index in [0.717, 1.165) is 9.13 Å². The van der Waals surface area contributed by atoms with Crippen LogP contribution in [0.5, 0.6) is 11.5 Å². The maximum absolute atomic E-state index is 13.2. The zero-order valence-corrected chi connectivity index (χ0v) is 18.2. The maximum atomic E-state index is 13.2. The van der Waals surface area contributed by atoms with Gasteiger partial charge in [0, 0.05) is 0 Å². The number of hydrogen-bond acceptors (Lipinski definition) is 4. The molecule has 0 unspecified atom stereocenters. The summed E-state index contributed by atoms with van der Waals surface area (Å²) in [6.45, 7) is 5.67. The Balaban J connectivity index is 1.95. The second kappa shape index (κ2) is 8.30. The molecule has 7 heteroatoms. The smallest absolute Gasteiger partial charge is 0.280 e. The first-order valence-corrected chi connectivity index (χ1v) is 9.79. The van der Waals surface area contributed by atoms with Crippen LogP contribution in [0.25, 0.3) is 6.08 Å². The van der Waals surface area contributed by atoms with Gasteiger partial charge in [-0.2, -0.15) is 10.1 Å². The number of nitrogens with zero attached hydrogens (tertiary/aromatic N) is 2. The summed E-state index contributed by atoms with van der Waals surface area (Å²) in [4.78, 5) is 12.8. The first kappa shape index (κ1) is 20.3. The number of amides is 1. The van der Waals surface area contributed by atoms with Gasteiger partial charge < -0.3 is 9.47 Å².